The number of ether oxygens (including phenoxy) is 1. The molecule has 3 atom stereocenters. The minimum absolute atomic E-state index is 0.130. The molecule has 1 aromatic carbocycles. The van der Waals surface area contributed by atoms with Gasteiger partial charge in [-0.05, 0) is 51.1 Å². The fourth-order valence-electron chi connectivity index (χ4n) is 3.69. The van der Waals surface area contributed by atoms with E-state index in [1.807, 2.05) is 33.2 Å². The maximum atomic E-state index is 12.9. The lowest BCUT2D eigenvalue weighted by atomic mass is 9.85. The third-order valence-corrected chi connectivity index (χ3v) is 6.80. The summed E-state index contributed by atoms with van der Waals surface area (Å²) in [6.07, 6.45) is 1.02. The monoisotopic (exact) mass is 338 g/mol. The summed E-state index contributed by atoms with van der Waals surface area (Å²) in [5.74, 6) is 0.787. The van der Waals surface area contributed by atoms with Gasteiger partial charge in [0.2, 0.25) is 10.0 Å². The SMILES string of the molecule is Cc1cccc(S(=O)(=O)N2CC[C@@H]3CO[C@@H](CN(C)C)[C@@H]3C2)c1. The second-order valence-corrected chi connectivity index (χ2v) is 8.96. The molecule has 6 heteroatoms. The predicted molar refractivity (Wildman–Crippen MR) is 89.8 cm³/mol. The zero-order valence-corrected chi connectivity index (χ0v) is 14.9. The maximum absolute atomic E-state index is 12.9. The van der Waals surface area contributed by atoms with Crippen LogP contribution in [0.15, 0.2) is 29.2 Å². The van der Waals surface area contributed by atoms with Crippen LogP contribution in [0.25, 0.3) is 0 Å². The molecule has 2 aliphatic heterocycles. The van der Waals surface area contributed by atoms with E-state index in [0.29, 0.717) is 29.8 Å². The molecule has 2 saturated heterocycles. The van der Waals surface area contributed by atoms with Crippen molar-refractivity contribution in [3.63, 3.8) is 0 Å². The lowest BCUT2D eigenvalue weighted by molar-refractivity contribution is 0.0638. The van der Waals surface area contributed by atoms with Gasteiger partial charge >= 0.3 is 0 Å². The molecule has 128 valence electrons. The van der Waals surface area contributed by atoms with Gasteiger partial charge in [0.1, 0.15) is 0 Å². The number of hydrogen-bond acceptors (Lipinski definition) is 4. The number of sulfonamides is 1. The van der Waals surface area contributed by atoms with Gasteiger partial charge in [-0.3, -0.25) is 0 Å². The van der Waals surface area contributed by atoms with Crippen LogP contribution in [0.2, 0.25) is 0 Å². The van der Waals surface area contributed by atoms with E-state index in [1.165, 1.54) is 0 Å². The summed E-state index contributed by atoms with van der Waals surface area (Å²) in [6.45, 7) is 4.69. The van der Waals surface area contributed by atoms with Crippen molar-refractivity contribution in [1.29, 1.82) is 0 Å². The minimum Gasteiger partial charge on any atom is -0.376 e. The highest BCUT2D eigenvalue weighted by molar-refractivity contribution is 7.89. The molecule has 0 radical (unpaired) electrons. The molecule has 0 aliphatic carbocycles. The molecule has 2 fully saturated rings. The Hall–Kier alpha value is -0.950. The van der Waals surface area contributed by atoms with Gasteiger partial charge in [0.05, 0.1) is 17.6 Å². The second-order valence-electron chi connectivity index (χ2n) is 7.03. The molecule has 0 aromatic heterocycles. The smallest absolute Gasteiger partial charge is 0.243 e. The van der Waals surface area contributed by atoms with E-state index in [2.05, 4.69) is 4.90 Å². The lowest BCUT2D eigenvalue weighted by Gasteiger charge is -2.35. The fraction of sp³-hybridized carbons (Fsp3) is 0.647. The second kappa shape index (κ2) is 6.51. The number of benzene rings is 1. The Kier molecular flexibility index (Phi) is 4.78. The molecule has 5 nitrogen and oxygen atoms in total. The van der Waals surface area contributed by atoms with Gasteiger partial charge in [0.25, 0.3) is 0 Å². The number of rotatable bonds is 4. The van der Waals surface area contributed by atoms with Crippen molar-refractivity contribution in [3.8, 4) is 0 Å². The lowest BCUT2D eigenvalue weighted by Crippen LogP contribution is -2.46. The van der Waals surface area contributed by atoms with Crippen LogP contribution in [0.5, 0.6) is 0 Å². The van der Waals surface area contributed by atoms with Gasteiger partial charge in [0.15, 0.2) is 0 Å². The Morgan fingerprint density at radius 3 is 2.83 bits per heavy atom. The summed E-state index contributed by atoms with van der Waals surface area (Å²) in [6, 6.07) is 7.17. The van der Waals surface area contributed by atoms with Crippen LogP contribution in [0, 0.1) is 18.8 Å². The quantitative estimate of drug-likeness (QED) is 0.836. The number of likely N-dealkylation sites (N-methyl/N-ethyl adjacent to an activating group) is 1. The predicted octanol–water partition coefficient (Wildman–Crippen LogP) is 1.58. The van der Waals surface area contributed by atoms with Crippen LogP contribution in [-0.2, 0) is 14.8 Å². The van der Waals surface area contributed by atoms with Gasteiger partial charge in [-0.2, -0.15) is 4.31 Å². The first-order valence-corrected chi connectivity index (χ1v) is 9.65. The van der Waals surface area contributed by atoms with E-state index in [1.54, 1.807) is 16.4 Å². The van der Waals surface area contributed by atoms with E-state index in [-0.39, 0.29) is 6.10 Å². The zero-order chi connectivity index (χ0) is 16.6. The van der Waals surface area contributed by atoms with Crippen molar-refractivity contribution < 1.29 is 13.2 Å². The molecule has 1 aromatic rings. The summed E-state index contributed by atoms with van der Waals surface area (Å²) < 4.78 is 33.4. The molecule has 3 rings (SSSR count). The van der Waals surface area contributed by atoms with Gasteiger partial charge in [-0.1, -0.05) is 12.1 Å². The largest absolute Gasteiger partial charge is 0.376 e. The molecule has 2 heterocycles. The molecule has 0 saturated carbocycles. The average molecular weight is 338 g/mol. The Labute approximate surface area is 139 Å². The van der Waals surface area contributed by atoms with Crippen molar-refractivity contribution in [3.05, 3.63) is 29.8 Å². The zero-order valence-electron chi connectivity index (χ0n) is 14.1. The highest BCUT2D eigenvalue weighted by Crippen LogP contribution is 2.36. The Morgan fingerprint density at radius 2 is 2.13 bits per heavy atom. The van der Waals surface area contributed by atoms with Crippen LogP contribution in [0.1, 0.15) is 12.0 Å². The minimum atomic E-state index is -3.41. The number of fused-ring (bicyclic) bond motifs is 1. The summed E-state index contributed by atoms with van der Waals surface area (Å²) in [7, 11) is 0.646. The third-order valence-electron chi connectivity index (χ3n) is 4.94. The molecule has 0 spiro atoms. The van der Waals surface area contributed by atoms with Crippen molar-refractivity contribution in [2.75, 3.05) is 40.3 Å². The van der Waals surface area contributed by atoms with Crippen molar-refractivity contribution in [2.45, 2.75) is 24.3 Å². The van der Waals surface area contributed by atoms with Crippen molar-refractivity contribution in [1.82, 2.24) is 9.21 Å². The first-order valence-electron chi connectivity index (χ1n) is 8.21. The summed E-state index contributed by atoms with van der Waals surface area (Å²) in [5.41, 5.74) is 0.968. The molecule has 2 aliphatic rings. The summed E-state index contributed by atoms with van der Waals surface area (Å²) in [5, 5.41) is 0. The van der Waals surface area contributed by atoms with Crippen LogP contribution >= 0.6 is 0 Å². The maximum Gasteiger partial charge on any atom is 0.243 e. The molecular weight excluding hydrogens is 312 g/mol. The van der Waals surface area contributed by atoms with Crippen LogP contribution in [0.4, 0.5) is 0 Å². The fourth-order valence-corrected chi connectivity index (χ4v) is 5.29. The summed E-state index contributed by atoms with van der Waals surface area (Å²) >= 11 is 0. The van der Waals surface area contributed by atoms with Crippen LogP contribution in [-0.4, -0.2) is 64.1 Å². The first-order chi connectivity index (χ1) is 10.9. The van der Waals surface area contributed by atoms with Gasteiger partial charge < -0.3 is 9.64 Å². The van der Waals surface area contributed by atoms with Gasteiger partial charge in [0, 0.05) is 25.6 Å². The molecule has 0 bridgehead atoms. The van der Waals surface area contributed by atoms with Crippen molar-refractivity contribution in [2.24, 2.45) is 11.8 Å². The Balaban J connectivity index is 1.79. The highest BCUT2D eigenvalue weighted by Gasteiger charge is 2.43. The van der Waals surface area contributed by atoms with Gasteiger partial charge in [-0.25, -0.2) is 8.42 Å². The molecule has 0 unspecified atom stereocenters. The Bertz CT molecular complexity index is 660. The average Bonchev–Trinajstić information content (AvgIpc) is 2.89. The van der Waals surface area contributed by atoms with E-state index in [4.69, 9.17) is 4.74 Å². The first kappa shape index (κ1) is 16.9. The van der Waals surface area contributed by atoms with E-state index in [9.17, 15) is 8.42 Å². The standard InChI is InChI=1S/C17H26N2O3S/c1-13-5-4-6-15(9-13)23(20,21)19-8-7-14-12-22-17(11-18(2)3)16(14)10-19/h4-6,9,14,16-17H,7-8,10-12H2,1-3H3/t14-,16-,17+/m1/s1. The molecule has 0 N–H and O–H groups in total. The van der Waals surface area contributed by atoms with E-state index < -0.39 is 10.0 Å². The van der Waals surface area contributed by atoms with E-state index >= 15 is 0 Å². The molecular formula is C17H26N2O3S. The number of piperidine rings is 1. The number of aryl methyl sites for hydroxylation is 1. The third kappa shape index (κ3) is 3.45. The van der Waals surface area contributed by atoms with Crippen molar-refractivity contribution >= 4 is 10.0 Å². The molecule has 0 amide bonds. The van der Waals surface area contributed by atoms with Gasteiger partial charge in [-0.15, -0.1) is 0 Å². The van der Waals surface area contributed by atoms with Crippen LogP contribution in [0.3, 0.4) is 0 Å². The summed E-state index contributed by atoms with van der Waals surface area (Å²) in [4.78, 5) is 2.51. The molecule has 23 heavy (non-hydrogen) atoms. The topological polar surface area (TPSA) is 49.9 Å². The van der Waals surface area contributed by atoms with E-state index in [0.717, 1.165) is 25.1 Å². The Morgan fingerprint density at radius 1 is 1.35 bits per heavy atom. The number of hydrogen-bond donors (Lipinski definition) is 0. The normalized spacial score (nSPS) is 29.0. The van der Waals surface area contributed by atoms with Crippen LogP contribution < -0.4 is 0 Å². The number of nitrogens with zero attached hydrogens (tertiary/aromatic N) is 2. The highest BCUT2D eigenvalue weighted by atomic mass is 32.2.